The molecule has 1 aromatic rings. The number of carbonyl (C=O) groups excluding carboxylic acids is 3. The van der Waals surface area contributed by atoms with Crippen LogP contribution in [0.3, 0.4) is 0 Å². The van der Waals surface area contributed by atoms with Crippen molar-refractivity contribution in [2.45, 2.75) is 58.9 Å². The van der Waals surface area contributed by atoms with E-state index in [-0.39, 0.29) is 30.0 Å². The van der Waals surface area contributed by atoms with Gasteiger partial charge in [0.2, 0.25) is 5.91 Å². The molecule has 10 heteroatoms. The van der Waals surface area contributed by atoms with Crippen LogP contribution in [-0.4, -0.2) is 47.1 Å². The average molecular weight is 469 g/mol. The van der Waals surface area contributed by atoms with Gasteiger partial charge in [-0.3, -0.25) is 9.59 Å². The Morgan fingerprint density at radius 2 is 1.72 bits per heavy atom. The second-order valence-electron chi connectivity index (χ2n) is 7.88. The van der Waals surface area contributed by atoms with Gasteiger partial charge in [-0.2, -0.15) is 0 Å². The summed E-state index contributed by atoms with van der Waals surface area (Å²) in [5, 5.41) is 11.6. The van der Waals surface area contributed by atoms with E-state index in [9.17, 15) is 24.5 Å². The van der Waals surface area contributed by atoms with Crippen LogP contribution in [0.25, 0.3) is 0 Å². The number of ether oxygens (including phenoxy) is 1. The lowest BCUT2D eigenvalue weighted by Gasteiger charge is -2.17. The van der Waals surface area contributed by atoms with Crippen LogP contribution < -0.4 is 5.32 Å². The number of carbonyl (C=O) groups is 3. The Hall–Kier alpha value is -2.62. The number of benzene rings is 1. The van der Waals surface area contributed by atoms with Gasteiger partial charge in [0.15, 0.2) is 5.12 Å². The minimum absolute atomic E-state index is 0.0355. The molecular formula is C22H32N2O7S. The molecule has 178 valence electrons. The number of hydrogen-bond donors (Lipinski definition) is 1. The van der Waals surface area contributed by atoms with E-state index in [1.54, 1.807) is 0 Å². The van der Waals surface area contributed by atoms with Crippen molar-refractivity contribution in [2.24, 2.45) is 5.92 Å². The third kappa shape index (κ3) is 11.1. The largest absolute Gasteiger partial charge is 0.464 e. The van der Waals surface area contributed by atoms with Crippen LogP contribution in [0, 0.1) is 16.0 Å². The summed E-state index contributed by atoms with van der Waals surface area (Å²) in [4.78, 5) is 50.6. The second kappa shape index (κ2) is 14.4. The maximum atomic E-state index is 12.6. The molecule has 0 aliphatic rings. The molecule has 0 aliphatic heterocycles. The summed E-state index contributed by atoms with van der Waals surface area (Å²) in [5.41, 5.74) is 2.11. The first-order chi connectivity index (χ1) is 15.1. The Morgan fingerprint density at radius 3 is 2.28 bits per heavy atom. The van der Waals surface area contributed by atoms with Crippen molar-refractivity contribution in [3.8, 4) is 0 Å². The molecule has 0 saturated heterocycles. The van der Waals surface area contributed by atoms with E-state index >= 15 is 0 Å². The summed E-state index contributed by atoms with van der Waals surface area (Å²) in [6.45, 7) is 7.35. The quantitative estimate of drug-likeness (QED) is 0.191. The standard InChI is InChI=1S/C22H32N2O7S/c1-15(2)13-18-7-9-19(10-8-18)16(3)22(27)32-14-20(23-17(4)25)21(26)30-11-5-6-12-31-24(28)29/h7-10,15-16,20H,5-6,11-14H2,1-4H3,(H,23,25)/t16?,20-/m1/s1. The Morgan fingerprint density at radius 1 is 1.09 bits per heavy atom. The number of nitrogens with zero attached hydrogens (tertiary/aromatic N) is 1. The van der Waals surface area contributed by atoms with Gasteiger partial charge in [0.05, 0.1) is 19.1 Å². The van der Waals surface area contributed by atoms with Crippen LogP contribution >= 0.6 is 11.8 Å². The fraction of sp³-hybridized carbons (Fsp3) is 0.591. The summed E-state index contributed by atoms with van der Waals surface area (Å²) < 4.78 is 5.13. The first-order valence-corrected chi connectivity index (χ1v) is 11.5. The van der Waals surface area contributed by atoms with Crippen molar-refractivity contribution in [3.63, 3.8) is 0 Å². The maximum Gasteiger partial charge on any atom is 0.329 e. The van der Waals surface area contributed by atoms with Crippen molar-refractivity contribution in [2.75, 3.05) is 19.0 Å². The summed E-state index contributed by atoms with van der Waals surface area (Å²) in [7, 11) is 0. The lowest BCUT2D eigenvalue weighted by molar-refractivity contribution is -0.757. The van der Waals surface area contributed by atoms with Gasteiger partial charge in [-0.05, 0) is 36.3 Å². The molecule has 0 fully saturated rings. The third-order valence-corrected chi connectivity index (χ3v) is 5.65. The molecule has 1 amide bonds. The Balaban J connectivity index is 2.54. The van der Waals surface area contributed by atoms with Crippen molar-refractivity contribution < 1.29 is 29.0 Å². The zero-order valence-corrected chi connectivity index (χ0v) is 19.8. The van der Waals surface area contributed by atoms with Gasteiger partial charge < -0.3 is 14.9 Å². The first kappa shape index (κ1) is 27.4. The molecule has 1 aromatic carbocycles. The van der Waals surface area contributed by atoms with E-state index in [4.69, 9.17) is 4.74 Å². The summed E-state index contributed by atoms with van der Waals surface area (Å²) in [6.07, 6.45) is 1.70. The monoisotopic (exact) mass is 468 g/mol. The van der Waals surface area contributed by atoms with Crippen LogP contribution in [-0.2, 0) is 30.4 Å². The molecular weight excluding hydrogens is 436 g/mol. The zero-order valence-electron chi connectivity index (χ0n) is 19.0. The maximum absolute atomic E-state index is 12.6. The summed E-state index contributed by atoms with van der Waals surface area (Å²) in [6, 6.07) is 6.99. The lowest BCUT2D eigenvalue weighted by Crippen LogP contribution is -2.43. The van der Waals surface area contributed by atoms with Crippen LogP contribution in [0.15, 0.2) is 24.3 Å². The molecule has 0 bridgehead atoms. The lowest BCUT2D eigenvalue weighted by atomic mass is 9.97. The number of esters is 1. The summed E-state index contributed by atoms with van der Waals surface area (Å²) in [5.74, 6) is -0.814. The molecule has 0 saturated carbocycles. The van der Waals surface area contributed by atoms with Crippen LogP contribution in [0.5, 0.6) is 0 Å². The number of rotatable bonds is 14. The molecule has 9 nitrogen and oxygen atoms in total. The molecule has 1 N–H and O–H groups in total. The topological polar surface area (TPSA) is 125 Å². The van der Waals surface area contributed by atoms with Crippen LogP contribution in [0.1, 0.15) is 57.6 Å². The second-order valence-corrected chi connectivity index (χ2v) is 8.90. The van der Waals surface area contributed by atoms with E-state index in [0.717, 1.165) is 23.7 Å². The van der Waals surface area contributed by atoms with Gasteiger partial charge in [0.25, 0.3) is 5.09 Å². The molecule has 0 heterocycles. The van der Waals surface area contributed by atoms with Gasteiger partial charge >= 0.3 is 5.97 Å². The number of unbranched alkanes of at least 4 members (excludes halogenated alkanes) is 1. The molecule has 1 rings (SSSR count). The third-order valence-electron chi connectivity index (χ3n) is 4.51. The molecule has 0 aliphatic carbocycles. The smallest absolute Gasteiger partial charge is 0.329 e. The highest BCUT2D eigenvalue weighted by Crippen LogP contribution is 2.24. The molecule has 0 aromatic heterocycles. The van der Waals surface area contributed by atoms with Gasteiger partial charge in [0.1, 0.15) is 6.04 Å². The fourth-order valence-electron chi connectivity index (χ4n) is 2.87. The summed E-state index contributed by atoms with van der Waals surface area (Å²) >= 11 is 0.974. The Kier molecular flexibility index (Phi) is 12.4. The Labute approximate surface area is 192 Å². The van der Waals surface area contributed by atoms with E-state index < -0.39 is 23.0 Å². The van der Waals surface area contributed by atoms with Crippen molar-refractivity contribution in [1.82, 2.24) is 5.32 Å². The van der Waals surface area contributed by atoms with Crippen molar-refractivity contribution >= 4 is 28.8 Å². The van der Waals surface area contributed by atoms with E-state index in [1.165, 1.54) is 12.5 Å². The van der Waals surface area contributed by atoms with Crippen LogP contribution in [0.4, 0.5) is 0 Å². The van der Waals surface area contributed by atoms with Gasteiger partial charge in [-0.25, -0.2) is 4.79 Å². The van der Waals surface area contributed by atoms with Gasteiger partial charge in [0, 0.05) is 12.7 Å². The van der Waals surface area contributed by atoms with Gasteiger partial charge in [-0.1, -0.05) is 56.8 Å². The highest BCUT2D eigenvalue weighted by atomic mass is 32.2. The van der Waals surface area contributed by atoms with Crippen LogP contribution in [0.2, 0.25) is 0 Å². The predicted molar refractivity (Wildman–Crippen MR) is 122 cm³/mol. The zero-order chi connectivity index (χ0) is 24.1. The number of nitrogens with one attached hydrogen (secondary N) is 1. The highest BCUT2D eigenvalue weighted by Gasteiger charge is 2.24. The number of thioether (sulfide) groups is 1. The molecule has 32 heavy (non-hydrogen) atoms. The minimum atomic E-state index is -0.961. The van der Waals surface area contributed by atoms with Crippen molar-refractivity contribution in [3.05, 3.63) is 45.5 Å². The predicted octanol–water partition coefficient (Wildman–Crippen LogP) is 3.28. The number of amides is 1. The first-order valence-electron chi connectivity index (χ1n) is 10.6. The van der Waals surface area contributed by atoms with E-state index in [1.807, 2.05) is 31.2 Å². The fourth-order valence-corrected chi connectivity index (χ4v) is 3.81. The highest BCUT2D eigenvalue weighted by molar-refractivity contribution is 8.13. The minimum Gasteiger partial charge on any atom is -0.464 e. The average Bonchev–Trinajstić information content (AvgIpc) is 2.72. The molecule has 1 unspecified atom stereocenters. The SMILES string of the molecule is CC(=O)N[C@H](CSC(=O)C(C)c1ccc(CC(C)C)cc1)C(=O)OCCCCO[N+](=O)[O-]. The Bertz CT molecular complexity index is 768. The van der Waals surface area contributed by atoms with E-state index in [0.29, 0.717) is 18.8 Å². The van der Waals surface area contributed by atoms with Crippen molar-refractivity contribution in [1.29, 1.82) is 0 Å². The molecule has 2 atom stereocenters. The van der Waals surface area contributed by atoms with E-state index in [2.05, 4.69) is 24.0 Å². The van der Waals surface area contributed by atoms with Gasteiger partial charge in [-0.15, -0.1) is 10.1 Å². The molecule has 0 spiro atoms. The normalized spacial score (nSPS) is 12.7. The number of hydrogen-bond acceptors (Lipinski definition) is 8. The molecule has 0 radical (unpaired) electrons.